The van der Waals surface area contributed by atoms with E-state index in [2.05, 4.69) is 140 Å². The first-order chi connectivity index (χ1) is 21.6. The molecule has 0 aliphatic heterocycles. The minimum atomic E-state index is -1.32. The molecule has 0 fully saturated rings. The van der Waals surface area contributed by atoms with Crippen molar-refractivity contribution in [3.63, 3.8) is 0 Å². The number of allylic oxidation sites excluding steroid dienone is 7. The molecule has 4 aliphatic carbocycles. The third kappa shape index (κ3) is 3.68. The van der Waals surface area contributed by atoms with Gasteiger partial charge in [0.15, 0.2) is 0 Å². The molecule has 216 valence electrons. The highest BCUT2D eigenvalue weighted by Crippen LogP contribution is 2.57. The molecule has 4 unspecified atom stereocenters. The predicted molar refractivity (Wildman–Crippen MR) is 179 cm³/mol. The zero-order valence-electron chi connectivity index (χ0n) is 24.9. The normalized spacial score (nSPS) is 23.5. The van der Waals surface area contributed by atoms with Crippen LogP contribution >= 0.6 is 0 Å². The van der Waals surface area contributed by atoms with Gasteiger partial charge in [-0.15, -0.1) is 0 Å². The molecule has 2 heteroatoms. The third-order valence-electron chi connectivity index (χ3n) is 10.4. The van der Waals surface area contributed by atoms with Gasteiger partial charge in [0.1, 0.15) is 11.2 Å². The fraction of sp³-hybridized carbons (Fsp3) is 0.190. The van der Waals surface area contributed by atoms with Crippen LogP contribution < -0.4 is 10.4 Å². The molecule has 44 heavy (non-hydrogen) atoms. The molecule has 4 atom stereocenters. The average molecular weight is 573 g/mol. The molecule has 4 aromatic carbocycles. The van der Waals surface area contributed by atoms with Crippen molar-refractivity contribution in [1.29, 1.82) is 0 Å². The second-order valence-corrected chi connectivity index (χ2v) is 12.4. The zero-order chi connectivity index (χ0) is 29.9. The Morgan fingerprint density at radius 2 is 1.27 bits per heavy atom. The minimum absolute atomic E-state index is 0.138. The van der Waals surface area contributed by atoms with E-state index < -0.39 is 11.2 Å². The van der Waals surface area contributed by atoms with E-state index in [1.165, 1.54) is 0 Å². The van der Waals surface area contributed by atoms with Gasteiger partial charge in [0.2, 0.25) is 0 Å². The molecule has 2 N–H and O–H groups in total. The minimum Gasteiger partial charge on any atom is -0.380 e. The van der Waals surface area contributed by atoms with E-state index in [-0.39, 0.29) is 17.8 Å². The number of hydrogen-bond donors (Lipinski definition) is 2. The fourth-order valence-electron chi connectivity index (χ4n) is 8.50. The number of rotatable bonds is 5. The topological polar surface area (TPSA) is 40.5 Å². The van der Waals surface area contributed by atoms with E-state index in [1.807, 2.05) is 12.1 Å². The van der Waals surface area contributed by atoms with Gasteiger partial charge < -0.3 is 10.2 Å². The largest absolute Gasteiger partial charge is 0.380 e. The first-order valence-electron chi connectivity index (χ1n) is 15.8. The van der Waals surface area contributed by atoms with Crippen LogP contribution in [0.25, 0.3) is 22.3 Å². The van der Waals surface area contributed by atoms with Crippen molar-refractivity contribution < 1.29 is 10.2 Å². The standard InChI is InChI=1S/C42H36O2/c1-2-28-16-6-13-25-36(28)41(43,29-17-4-3-5-18-29)39-32-21-7-9-23-34(32)40(35-24-10-8-22-33(35)39)42(44)37-26-14-11-19-30(37)31-20-12-15-27-38(31)42/h3-17,19-27,29,32,34,43-44H,2,18H2,1H3. The smallest absolute Gasteiger partial charge is 0.139 e. The van der Waals surface area contributed by atoms with Gasteiger partial charge in [-0.2, -0.15) is 0 Å². The lowest BCUT2D eigenvalue weighted by atomic mass is 9.60. The Labute approximate surface area is 259 Å². The Balaban J connectivity index is 1.53. The van der Waals surface area contributed by atoms with Crippen molar-refractivity contribution in [1.82, 2.24) is 0 Å². The highest BCUT2D eigenvalue weighted by Gasteiger charge is 2.53. The van der Waals surface area contributed by atoms with E-state index in [4.69, 9.17) is 0 Å². The van der Waals surface area contributed by atoms with Crippen molar-refractivity contribution in [3.8, 4) is 11.1 Å². The predicted octanol–water partition coefficient (Wildman–Crippen LogP) is 6.86. The lowest BCUT2D eigenvalue weighted by Gasteiger charge is -2.47. The van der Waals surface area contributed by atoms with Crippen molar-refractivity contribution >= 4 is 11.1 Å². The van der Waals surface area contributed by atoms with Gasteiger partial charge in [-0.25, -0.2) is 0 Å². The summed E-state index contributed by atoms with van der Waals surface area (Å²) in [7, 11) is 0. The van der Waals surface area contributed by atoms with Crippen LogP contribution in [0, 0.1) is 17.8 Å². The lowest BCUT2D eigenvalue weighted by molar-refractivity contribution is 0.0460. The molecule has 0 bridgehead atoms. The first kappa shape index (κ1) is 27.1. The summed E-state index contributed by atoms with van der Waals surface area (Å²) in [6.07, 6.45) is 18.8. The molecule has 0 aromatic heterocycles. The van der Waals surface area contributed by atoms with E-state index in [0.29, 0.717) is 0 Å². The second kappa shape index (κ2) is 10.3. The van der Waals surface area contributed by atoms with Crippen LogP contribution in [-0.4, -0.2) is 10.2 Å². The molecule has 0 saturated carbocycles. The van der Waals surface area contributed by atoms with Gasteiger partial charge in [0.25, 0.3) is 0 Å². The molecule has 2 nitrogen and oxygen atoms in total. The second-order valence-electron chi connectivity index (χ2n) is 12.4. The van der Waals surface area contributed by atoms with Crippen LogP contribution in [0.4, 0.5) is 0 Å². The number of aliphatic hydroxyl groups is 2. The van der Waals surface area contributed by atoms with Gasteiger partial charge in [-0.05, 0) is 56.7 Å². The van der Waals surface area contributed by atoms with Crippen LogP contribution in [0.3, 0.4) is 0 Å². The maximum Gasteiger partial charge on any atom is 0.139 e. The summed E-state index contributed by atoms with van der Waals surface area (Å²) in [6.45, 7) is 2.16. The van der Waals surface area contributed by atoms with Crippen LogP contribution in [0.2, 0.25) is 0 Å². The molecule has 8 rings (SSSR count). The van der Waals surface area contributed by atoms with Gasteiger partial charge in [0.05, 0.1) is 0 Å². The van der Waals surface area contributed by atoms with E-state index in [0.717, 1.165) is 67.8 Å². The summed E-state index contributed by atoms with van der Waals surface area (Å²) >= 11 is 0. The summed E-state index contributed by atoms with van der Waals surface area (Å²) < 4.78 is 0. The molecule has 4 aliphatic rings. The van der Waals surface area contributed by atoms with Gasteiger partial charge in [-0.3, -0.25) is 0 Å². The molecular formula is C42H36O2. The quantitative estimate of drug-likeness (QED) is 0.274. The zero-order valence-corrected chi connectivity index (χ0v) is 24.9. The molecule has 0 saturated heterocycles. The molecule has 4 aromatic rings. The Hall–Kier alpha value is -4.50. The summed E-state index contributed by atoms with van der Waals surface area (Å²) in [6, 6.07) is 33.4. The van der Waals surface area contributed by atoms with Crippen LogP contribution in [0.1, 0.15) is 35.6 Å². The highest BCUT2D eigenvalue weighted by atomic mass is 16.3. The van der Waals surface area contributed by atoms with Gasteiger partial charge >= 0.3 is 0 Å². The number of fused-ring (bicyclic) bond motifs is 5. The van der Waals surface area contributed by atoms with E-state index >= 15 is 0 Å². The molecule has 0 spiro atoms. The third-order valence-corrected chi connectivity index (χ3v) is 10.4. The van der Waals surface area contributed by atoms with E-state index in [9.17, 15) is 10.2 Å². The Bertz CT molecular complexity index is 1990. The molecule has 0 heterocycles. The maximum absolute atomic E-state index is 13.5. The molecular weight excluding hydrogens is 536 g/mol. The van der Waals surface area contributed by atoms with Crippen molar-refractivity contribution in [2.45, 2.75) is 31.0 Å². The van der Waals surface area contributed by atoms with Gasteiger partial charge in [0, 0.05) is 28.9 Å². The van der Waals surface area contributed by atoms with Crippen LogP contribution in [-0.2, 0) is 17.6 Å². The SMILES string of the molecule is CCc1ccccc1C(O)(C1=c2ccccc2=C(C2(O)c3ccccc3-c3ccccc32)C2C=CC=CC12)C1C=CC=CC1. The van der Waals surface area contributed by atoms with Gasteiger partial charge in [-0.1, -0.05) is 153 Å². The first-order valence-corrected chi connectivity index (χ1v) is 15.8. The molecule has 0 radical (unpaired) electrons. The number of benzene rings is 4. The number of hydrogen-bond acceptors (Lipinski definition) is 2. The maximum atomic E-state index is 13.5. The average Bonchev–Trinajstić information content (AvgIpc) is 3.35. The Morgan fingerprint density at radius 1 is 0.682 bits per heavy atom. The Morgan fingerprint density at radius 3 is 1.95 bits per heavy atom. The summed E-state index contributed by atoms with van der Waals surface area (Å²) in [5, 5.41) is 28.8. The van der Waals surface area contributed by atoms with Crippen LogP contribution in [0.15, 0.2) is 146 Å². The van der Waals surface area contributed by atoms with E-state index in [1.54, 1.807) is 0 Å². The lowest BCUT2D eigenvalue weighted by Crippen LogP contribution is -2.52. The van der Waals surface area contributed by atoms with Crippen LogP contribution in [0.5, 0.6) is 0 Å². The summed E-state index contributed by atoms with van der Waals surface area (Å²) in [5.41, 5.74) is 5.52. The monoisotopic (exact) mass is 572 g/mol. The van der Waals surface area contributed by atoms with Crippen molar-refractivity contribution in [2.24, 2.45) is 17.8 Å². The van der Waals surface area contributed by atoms with Crippen molar-refractivity contribution in [2.75, 3.05) is 0 Å². The number of aryl methyl sites for hydroxylation is 1. The molecule has 0 amide bonds. The summed E-state index contributed by atoms with van der Waals surface area (Å²) in [4.78, 5) is 0. The Kier molecular flexibility index (Phi) is 6.34. The summed E-state index contributed by atoms with van der Waals surface area (Å²) in [5.74, 6) is -0.443. The highest BCUT2D eigenvalue weighted by molar-refractivity contribution is 5.89. The van der Waals surface area contributed by atoms with Crippen molar-refractivity contribution in [3.05, 3.63) is 178 Å². The fourth-order valence-corrected chi connectivity index (χ4v) is 8.50.